The van der Waals surface area contributed by atoms with Crippen LogP contribution in [0.25, 0.3) is 0 Å². The molecule has 1 aromatic carbocycles. The van der Waals surface area contributed by atoms with Gasteiger partial charge in [0.1, 0.15) is 5.75 Å². The number of ether oxygens (including phenoxy) is 1. The van der Waals surface area contributed by atoms with Crippen molar-refractivity contribution in [1.82, 2.24) is 5.32 Å². The van der Waals surface area contributed by atoms with Crippen molar-refractivity contribution in [3.05, 3.63) is 29.8 Å². The van der Waals surface area contributed by atoms with Crippen LogP contribution >= 0.6 is 0 Å². The van der Waals surface area contributed by atoms with E-state index in [0.29, 0.717) is 5.92 Å². The molecule has 0 aromatic heterocycles. The highest BCUT2D eigenvalue weighted by molar-refractivity contribution is 5.37. The molecule has 1 fully saturated rings. The fourth-order valence-corrected chi connectivity index (χ4v) is 3.90. The second kappa shape index (κ2) is 5.96. The Hall–Kier alpha value is -1.02. The highest BCUT2D eigenvalue weighted by Gasteiger charge is 2.29. The Morgan fingerprint density at radius 2 is 2.00 bits per heavy atom. The van der Waals surface area contributed by atoms with Crippen LogP contribution in [-0.4, -0.2) is 19.7 Å². The van der Waals surface area contributed by atoms with E-state index in [4.69, 9.17) is 4.74 Å². The summed E-state index contributed by atoms with van der Waals surface area (Å²) < 4.78 is 5.78. The Balaban J connectivity index is 1.73. The van der Waals surface area contributed by atoms with E-state index in [2.05, 4.69) is 36.6 Å². The summed E-state index contributed by atoms with van der Waals surface area (Å²) in [6.07, 6.45) is 8.06. The van der Waals surface area contributed by atoms with Gasteiger partial charge < -0.3 is 10.1 Å². The second-order valence-corrected chi connectivity index (χ2v) is 6.05. The topological polar surface area (TPSA) is 21.3 Å². The van der Waals surface area contributed by atoms with E-state index in [1.807, 2.05) is 0 Å². The summed E-state index contributed by atoms with van der Waals surface area (Å²) in [5.74, 6) is 2.66. The molecular formula is C17H25NO. The zero-order chi connectivity index (χ0) is 13.1. The van der Waals surface area contributed by atoms with Crippen LogP contribution in [0.4, 0.5) is 0 Å². The fraction of sp³-hybridized carbons (Fsp3) is 0.647. The Kier molecular flexibility index (Phi) is 4.07. The number of rotatable bonds is 3. The maximum atomic E-state index is 5.78. The molecule has 1 N–H and O–H groups in total. The lowest BCUT2D eigenvalue weighted by molar-refractivity contribution is 0.211. The number of fused-ring (bicyclic) bond motifs is 1. The van der Waals surface area contributed by atoms with Crippen LogP contribution in [0, 0.1) is 5.92 Å². The van der Waals surface area contributed by atoms with E-state index in [1.165, 1.54) is 44.1 Å². The van der Waals surface area contributed by atoms with Gasteiger partial charge in [0.25, 0.3) is 0 Å². The van der Waals surface area contributed by atoms with Crippen molar-refractivity contribution in [2.45, 2.75) is 50.5 Å². The number of benzene rings is 1. The third kappa shape index (κ3) is 2.79. The zero-order valence-corrected chi connectivity index (χ0v) is 11.9. The first kappa shape index (κ1) is 13.0. The average molecular weight is 259 g/mol. The maximum Gasteiger partial charge on any atom is 0.122 e. The molecule has 1 heterocycles. The fourth-order valence-electron chi connectivity index (χ4n) is 3.90. The van der Waals surface area contributed by atoms with Gasteiger partial charge in [-0.2, -0.15) is 0 Å². The van der Waals surface area contributed by atoms with Crippen LogP contribution in [0.3, 0.4) is 0 Å². The summed E-state index contributed by atoms with van der Waals surface area (Å²) in [4.78, 5) is 0. The molecule has 0 radical (unpaired) electrons. The molecule has 1 aliphatic carbocycles. The van der Waals surface area contributed by atoms with Gasteiger partial charge >= 0.3 is 0 Å². The van der Waals surface area contributed by atoms with Gasteiger partial charge in [-0.1, -0.05) is 31.0 Å². The van der Waals surface area contributed by atoms with Crippen molar-refractivity contribution in [3.63, 3.8) is 0 Å². The summed E-state index contributed by atoms with van der Waals surface area (Å²) in [7, 11) is 2.13. The molecule has 2 aliphatic rings. The summed E-state index contributed by atoms with van der Waals surface area (Å²) in [5, 5.41) is 3.54. The smallest absolute Gasteiger partial charge is 0.122 e. The van der Waals surface area contributed by atoms with Crippen LogP contribution < -0.4 is 10.1 Å². The van der Waals surface area contributed by atoms with Crippen LogP contribution in [0.2, 0.25) is 0 Å². The quantitative estimate of drug-likeness (QED) is 0.893. The predicted molar refractivity (Wildman–Crippen MR) is 78.7 cm³/mol. The van der Waals surface area contributed by atoms with Crippen molar-refractivity contribution in [2.75, 3.05) is 13.7 Å². The first-order valence-corrected chi connectivity index (χ1v) is 7.77. The molecule has 2 nitrogen and oxygen atoms in total. The van der Waals surface area contributed by atoms with Crippen molar-refractivity contribution in [1.29, 1.82) is 0 Å². The van der Waals surface area contributed by atoms with Gasteiger partial charge in [-0.05, 0) is 56.2 Å². The first-order valence-electron chi connectivity index (χ1n) is 7.77. The molecule has 3 atom stereocenters. The highest BCUT2D eigenvalue weighted by Crippen LogP contribution is 2.40. The molecular weight excluding hydrogens is 234 g/mol. The average Bonchev–Trinajstić information content (AvgIpc) is 2.48. The molecule has 1 aliphatic heterocycles. The van der Waals surface area contributed by atoms with Crippen molar-refractivity contribution in [3.8, 4) is 5.75 Å². The van der Waals surface area contributed by atoms with Crippen LogP contribution in [0.1, 0.15) is 50.0 Å². The largest absolute Gasteiger partial charge is 0.493 e. The van der Waals surface area contributed by atoms with E-state index in [-0.39, 0.29) is 0 Å². The van der Waals surface area contributed by atoms with Gasteiger partial charge in [0, 0.05) is 6.04 Å². The Labute approximate surface area is 116 Å². The van der Waals surface area contributed by atoms with E-state index in [1.54, 1.807) is 0 Å². The Bertz CT molecular complexity index is 417. The summed E-state index contributed by atoms with van der Waals surface area (Å²) in [6.45, 7) is 0.888. The molecule has 2 heteroatoms. The number of hydrogen-bond donors (Lipinski definition) is 1. The number of para-hydroxylation sites is 1. The van der Waals surface area contributed by atoms with Crippen LogP contribution in [0.5, 0.6) is 5.75 Å². The normalized spacial score (nSPS) is 30.5. The minimum Gasteiger partial charge on any atom is -0.493 e. The molecule has 3 unspecified atom stereocenters. The van der Waals surface area contributed by atoms with Crippen molar-refractivity contribution < 1.29 is 4.74 Å². The Morgan fingerprint density at radius 1 is 1.16 bits per heavy atom. The molecule has 1 aromatic rings. The lowest BCUT2D eigenvalue weighted by atomic mass is 9.76. The van der Waals surface area contributed by atoms with Crippen molar-refractivity contribution >= 4 is 0 Å². The minimum atomic E-state index is 0.698. The third-order valence-electron chi connectivity index (χ3n) is 4.95. The lowest BCUT2D eigenvalue weighted by Gasteiger charge is -2.35. The van der Waals surface area contributed by atoms with Gasteiger partial charge in [0.05, 0.1) is 6.61 Å². The SMILES string of the molecule is CNC1CCCCC1CC1CCOc2ccccc21. The number of nitrogens with one attached hydrogen (secondary N) is 1. The summed E-state index contributed by atoms with van der Waals surface area (Å²) in [5.41, 5.74) is 1.44. The highest BCUT2D eigenvalue weighted by atomic mass is 16.5. The molecule has 19 heavy (non-hydrogen) atoms. The zero-order valence-electron chi connectivity index (χ0n) is 11.9. The monoisotopic (exact) mass is 259 g/mol. The number of hydrogen-bond acceptors (Lipinski definition) is 2. The van der Waals surface area contributed by atoms with Crippen molar-refractivity contribution in [2.24, 2.45) is 5.92 Å². The standard InChI is InChI=1S/C17H25NO/c1-18-16-8-4-2-6-14(16)12-13-10-11-19-17-9-5-3-7-15(13)17/h3,5,7,9,13-14,16,18H,2,4,6,8,10-12H2,1H3. The van der Waals surface area contributed by atoms with E-state index >= 15 is 0 Å². The predicted octanol–water partition coefficient (Wildman–Crippen LogP) is 3.72. The second-order valence-electron chi connectivity index (χ2n) is 6.05. The first-order chi connectivity index (χ1) is 9.38. The molecule has 1 saturated carbocycles. The molecule has 0 bridgehead atoms. The third-order valence-corrected chi connectivity index (χ3v) is 4.95. The van der Waals surface area contributed by atoms with Crippen LogP contribution in [0.15, 0.2) is 24.3 Å². The van der Waals surface area contributed by atoms with E-state index in [0.717, 1.165) is 24.3 Å². The Morgan fingerprint density at radius 3 is 2.89 bits per heavy atom. The molecule has 3 rings (SSSR count). The van der Waals surface area contributed by atoms with E-state index < -0.39 is 0 Å². The maximum absolute atomic E-state index is 5.78. The van der Waals surface area contributed by atoms with Gasteiger partial charge in [-0.25, -0.2) is 0 Å². The van der Waals surface area contributed by atoms with Crippen LogP contribution in [-0.2, 0) is 0 Å². The molecule has 0 amide bonds. The molecule has 0 spiro atoms. The summed E-state index contributed by atoms with van der Waals surface area (Å²) in [6, 6.07) is 9.34. The summed E-state index contributed by atoms with van der Waals surface area (Å²) >= 11 is 0. The van der Waals surface area contributed by atoms with Gasteiger partial charge in [-0.3, -0.25) is 0 Å². The van der Waals surface area contributed by atoms with Gasteiger partial charge in [-0.15, -0.1) is 0 Å². The molecule has 104 valence electrons. The minimum absolute atomic E-state index is 0.698. The lowest BCUT2D eigenvalue weighted by Crippen LogP contribution is -2.37. The molecule has 0 saturated heterocycles. The van der Waals surface area contributed by atoms with Gasteiger partial charge in [0.15, 0.2) is 0 Å². The van der Waals surface area contributed by atoms with Gasteiger partial charge in [0.2, 0.25) is 0 Å². The van der Waals surface area contributed by atoms with E-state index in [9.17, 15) is 0 Å².